The molecule has 1 aromatic carbocycles. The van der Waals surface area contributed by atoms with Crippen LogP contribution < -0.4 is 10.5 Å². The number of nitrogens with one attached hydrogen (secondary N) is 1. The van der Waals surface area contributed by atoms with Crippen LogP contribution in [0.3, 0.4) is 0 Å². The van der Waals surface area contributed by atoms with Crippen molar-refractivity contribution in [3.05, 3.63) is 23.8 Å². The van der Waals surface area contributed by atoms with E-state index < -0.39 is 26.6 Å². The largest absolute Gasteiger partial charge is 0.399 e. The molecule has 0 aromatic heterocycles. The minimum absolute atomic E-state index is 0.134. The van der Waals surface area contributed by atoms with Crippen LogP contribution >= 0.6 is 11.8 Å². The van der Waals surface area contributed by atoms with Crippen LogP contribution in [0.25, 0.3) is 0 Å². The molecule has 20 heavy (non-hydrogen) atoms. The van der Waals surface area contributed by atoms with Gasteiger partial charge in [-0.25, -0.2) is 21.9 Å². The third-order valence-electron chi connectivity index (χ3n) is 3.24. The van der Waals surface area contributed by atoms with Crippen molar-refractivity contribution in [3.8, 4) is 0 Å². The molecule has 0 radical (unpaired) electrons. The second-order valence-corrected chi connectivity index (χ2v) is 8.46. The molecule has 8 heteroatoms. The molecule has 1 aliphatic heterocycles. The van der Waals surface area contributed by atoms with Crippen molar-refractivity contribution in [2.45, 2.75) is 29.4 Å². The Hall–Kier alpha value is -0.860. The molecule has 0 aliphatic carbocycles. The molecular weight excluding hydrogens is 306 g/mol. The smallest absolute Gasteiger partial charge is 0.243 e. The maximum atomic E-state index is 13.6. The number of nitrogen functional groups attached to an aromatic ring is 1. The van der Waals surface area contributed by atoms with Gasteiger partial charge in [-0.2, -0.15) is 11.8 Å². The standard InChI is InChI=1S/C12H16F2N2O2S2/c1-12(3-2-4-19-12)7-16-20(17,18)10-6-8(15)5-9(13)11(10)14/h5-6,16H,2-4,7,15H2,1H3. The van der Waals surface area contributed by atoms with E-state index in [1.807, 2.05) is 6.92 Å². The van der Waals surface area contributed by atoms with E-state index in [0.717, 1.165) is 30.7 Å². The van der Waals surface area contributed by atoms with Crippen LogP contribution in [0, 0.1) is 11.6 Å². The number of thioether (sulfide) groups is 1. The average Bonchev–Trinajstić information content (AvgIpc) is 2.79. The van der Waals surface area contributed by atoms with E-state index in [-0.39, 0.29) is 17.0 Å². The molecule has 4 nitrogen and oxygen atoms in total. The van der Waals surface area contributed by atoms with Crippen molar-refractivity contribution in [1.29, 1.82) is 0 Å². The van der Waals surface area contributed by atoms with E-state index in [9.17, 15) is 17.2 Å². The summed E-state index contributed by atoms with van der Waals surface area (Å²) in [5, 5.41) is 0. The van der Waals surface area contributed by atoms with Gasteiger partial charge < -0.3 is 5.73 Å². The van der Waals surface area contributed by atoms with E-state index >= 15 is 0 Å². The highest BCUT2D eigenvalue weighted by atomic mass is 32.2. The van der Waals surface area contributed by atoms with Crippen LogP contribution in [-0.2, 0) is 10.0 Å². The Balaban J connectivity index is 2.22. The van der Waals surface area contributed by atoms with E-state index in [1.165, 1.54) is 0 Å². The summed E-state index contributed by atoms with van der Waals surface area (Å²) in [6.07, 6.45) is 1.90. The monoisotopic (exact) mass is 322 g/mol. The number of nitrogens with two attached hydrogens (primary N) is 1. The molecule has 0 spiro atoms. The van der Waals surface area contributed by atoms with Crippen molar-refractivity contribution >= 4 is 27.5 Å². The summed E-state index contributed by atoms with van der Waals surface area (Å²) in [5.41, 5.74) is 5.23. The van der Waals surface area contributed by atoms with E-state index in [0.29, 0.717) is 0 Å². The minimum atomic E-state index is -4.12. The van der Waals surface area contributed by atoms with Gasteiger partial charge in [0.15, 0.2) is 11.6 Å². The number of hydrogen-bond acceptors (Lipinski definition) is 4. The fraction of sp³-hybridized carbons (Fsp3) is 0.500. The van der Waals surface area contributed by atoms with Gasteiger partial charge in [-0.3, -0.25) is 0 Å². The fourth-order valence-electron chi connectivity index (χ4n) is 2.08. The minimum Gasteiger partial charge on any atom is -0.399 e. The summed E-state index contributed by atoms with van der Waals surface area (Å²) in [4.78, 5) is -0.749. The summed E-state index contributed by atoms with van der Waals surface area (Å²) >= 11 is 1.67. The van der Waals surface area contributed by atoms with Gasteiger partial charge in [0.05, 0.1) is 0 Å². The zero-order valence-corrected chi connectivity index (χ0v) is 12.6. The first-order chi connectivity index (χ1) is 9.23. The van der Waals surface area contributed by atoms with Crippen molar-refractivity contribution in [1.82, 2.24) is 4.72 Å². The summed E-state index contributed by atoms with van der Waals surface area (Å²) in [6.45, 7) is 2.12. The predicted octanol–water partition coefficient (Wildman–Crippen LogP) is 2.11. The first-order valence-electron chi connectivity index (χ1n) is 6.12. The Morgan fingerprint density at radius 3 is 2.75 bits per heavy atom. The topological polar surface area (TPSA) is 72.2 Å². The molecule has 1 saturated heterocycles. The highest BCUT2D eigenvalue weighted by Crippen LogP contribution is 2.37. The van der Waals surface area contributed by atoms with Gasteiger partial charge in [0.2, 0.25) is 10.0 Å². The molecule has 1 fully saturated rings. The number of halogens is 2. The van der Waals surface area contributed by atoms with E-state index in [4.69, 9.17) is 5.73 Å². The van der Waals surface area contributed by atoms with Crippen molar-refractivity contribution in [3.63, 3.8) is 0 Å². The Kier molecular flexibility index (Phi) is 4.27. The number of hydrogen-bond donors (Lipinski definition) is 2. The lowest BCUT2D eigenvalue weighted by atomic mass is 10.1. The average molecular weight is 322 g/mol. The SMILES string of the molecule is CC1(CNS(=O)(=O)c2cc(N)cc(F)c2F)CCCS1. The number of benzene rings is 1. The molecule has 1 unspecified atom stereocenters. The fourth-order valence-corrected chi connectivity index (χ4v) is 4.71. The lowest BCUT2D eigenvalue weighted by molar-refractivity contribution is 0.482. The molecule has 112 valence electrons. The molecule has 1 aliphatic rings. The van der Waals surface area contributed by atoms with Crippen molar-refractivity contribution in [2.75, 3.05) is 18.0 Å². The molecule has 2 rings (SSSR count). The highest BCUT2D eigenvalue weighted by molar-refractivity contribution is 8.01. The summed E-state index contributed by atoms with van der Waals surface area (Å²) in [5.74, 6) is -1.71. The normalized spacial score (nSPS) is 23.1. The van der Waals surface area contributed by atoms with Gasteiger partial charge >= 0.3 is 0 Å². The van der Waals surface area contributed by atoms with Crippen LogP contribution in [-0.4, -0.2) is 25.5 Å². The lowest BCUT2D eigenvalue weighted by Crippen LogP contribution is -2.37. The van der Waals surface area contributed by atoms with Crippen LogP contribution in [0.2, 0.25) is 0 Å². The molecule has 1 atom stereocenters. The number of rotatable bonds is 4. The Morgan fingerprint density at radius 1 is 1.45 bits per heavy atom. The second kappa shape index (κ2) is 5.50. The van der Waals surface area contributed by atoms with Crippen molar-refractivity contribution in [2.24, 2.45) is 0 Å². The number of sulfonamides is 1. The molecule has 1 heterocycles. The van der Waals surface area contributed by atoms with E-state index in [2.05, 4.69) is 4.72 Å². The predicted molar refractivity (Wildman–Crippen MR) is 76.1 cm³/mol. The Bertz CT molecular complexity index is 614. The van der Waals surface area contributed by atoms with Gasteiger partial charge in [0.25, 0.3) is 0 Å². The Morgan fingerprint density at radius 2 is 2.15 bits per heavy atom. The quantitative estimate of drug-likeness (QED) is 0.833. The zero-order chi connectivity index (χ0) is 15.0. The van der Waals surface area contributed by atoms with E-state index in [1.54, 1.807) is 11.8 Å². The molecule has 0 amide bonds. The third-order valence-corrected chi connectivity index (χ3v) is 6.18. The lowest BCUT2D eigenvalue weighted by Gasteiger charge is -2.22. The third kappa shape index (κ3) is 3.24. The molecule has 1 aromatic rings. The second-order valence-electron chi connectivity index (χ2n) is 5.04. The maximum absolute atomic E-state index is 13.6. The summed E-state index contributed by atoms with van der Waals surface area (Å²) < 4.78 is 53.1. The van der Waals surface area contributed by atoms with Crippen LogP contribution in [0.1, 0.15) is 19.8 Å². The van der Waals surface area contributed by atoms with Crippen LogP contribution in [0.4, 0.5) is 14.5 Å². The zero-order valence-electron chi connectivity index (χ0n) is 10.9. The highest BCUT2D eigenvalue weighted by Gasteiger charge is 2.32. The van der Waals surface area contributed by atoms with Crippen LogP contribution in [0.15, 0.2) is 17.0 Å². The van der Waals surface area contributed by atoms with Gasteiger partial charge in [-0.1, -0.05) is 0 Å². The van der Waals surface area contributed by atoms with Gasteiger partial charge in [0.1, 0.15) is 4.90 Å². The van der Waals surface area contributed by atoms with Gasteiger partial charge in [-0.15, -0.1) is 0 Å². The number of anilines is 1. The first kappa shape index (κ1) is 15.5. The van der Waals surface area contributed by atoms with Crippen LogP contribution in [0.5, 0.6) is 0 Å². The summed E-state index contributed by atoms with van der Waals surface area (Å²) in [6, 6.07) is 1.67. The first-order valence-corrected chi connectivity index (χ1v) is 8.59. The maximum Gasteiger partial charge on any atom is 0.243 e. The van der Waals surface area contributed by atoms with Gasteiger partial charge in [-0.05, 0) is 37.7 Å². The van der Waals surface area contributed by atoms with Gasteiger partial charge in [0, 0.05) is 17.0 Å². The molecular formula is C12H16F2N2O2S2. The summed E-state index contributed by atoms with van der Waals surface area (Å²) in [7, 11) is -4.12. The molecule has 0 bridgehead atoms. The molecule has 3 N–H and O–H groups in total. The molecule has 0 saturated carbocycles. The van der Waals surface area contributed by atoms with Crippen molar-refractivity contribution < 1.29 is 17.2 Å². The Labute approximate surface area is 121 Å².